The second kappa shape index (κ2) is 5.64. The molecule has 0 bridgehead atoms. The molecule has 94 valence electrons. The maximum absolute atomic E-state index is 11.8. The van der Waals surface area contributed by atoms with Crippen LogP contribution in [0.3, 0.4) is 0 Å². The van der Waals surface area contributed by atoms with E-state index in [4.69, 9.17) is 4.74 Å². The standard InChI is InChI=1S/C12H24N2O2/c1-5-6-9(2)14-11(15)10(3)16-12(4)7-13-8-12/h9-10,13H,5-8H2,1-4H3,(H,14,15). The first-order valence-corrected chi connectivity index (χ1v) is 6.16. The zero-order valence-electron chi connectivity index (χ0n) is 10.8. The van der Waals surface area contributed by atoms with Crippen LogP contribution in [-0.4, -0.2) is 36.7 Å². The number of nitrogens with one attached hydrogen (secondary N) is 2. The van der Waals surface area contributed by atoms with Crippen molar-refractivity contribution in [1.29, 1.82) is 0 Å². The Hall–Kier alpha value is -0.610. The Morgan fingerprint density at radius 3 is 2.56 bits per heavy atom. The van der Waals surface area contributed by atoms with E-state index in [1.54, 1.807) is 0 Å². The minimum atomic E-state index is -0.369. The summed E-state index contributed by atoms with van der Waals surface area (Å²) in [5, 5.41) is 6.12. The molecule has 16 heavy (non-hydrogen) atoms. The molecular weight excluding hydrogens is 204 g/mol. The van der Waals surface area contributed by atoms with E-state index in [9.17, 15) is 4.79 Å². The van der Waals surface area contributed by atoms with Gasteiger partial charge in [-0.25, -0.2) is 0 Å². The lowest BCUT2D eigenvalue weighted by Gasteiger charge is -2.40. The number of carbonyl (C=O) groups is 1. The molecule has 1 rings (SSSR count). The molecule has 0 aliphatic carbocycles. The third-order valence-electron chi connectivity index (χ3n) is 2.94. The monoisotopic (exact) mass is 228 g/mol. The lowest BCUT2D eigenvalue weighted by atomic mass is 9.99. The molecule has 0 aromatic carbocycles. The van der Waals surface area contributed by atoms with Crippen LogP contribution < -0.4 is 10.6 Å². The first-order valence-electron chi connectivity index (χ1n) is 6.16. The molecule has 1 aliphatic heterocycles. The van der Waals surface area contributed by atoms with Crippen LogP contribution in [0.4, 0.5) is 0 Å². The molecule has 2 N–H and O–H groups in total. The van der Waals surface area contributed by atoms with E-state index in [0.29, 0.717) is 0 Å². The zero-order valence-corrected chi connectivity index (χ0v) is 10.8. The third-order valence-corrected chi connectivity index (χ3v) is 2.94. The average molecular weight is 228 g/mol. The first-order chi connectivity index (χ1) is 7.47. The summed E-state index contributed by atoms with van der Waals surface area (Å²) < 4.78 is 5.74. The average Bonchev–Trinajstić information content (AvgIpc) is 2.15. The van der Waals surface area contributed by atoms with Gasteiger partial charge < -0.3 is 15.4 Å². The minimum absolute atomic E-state index is 0.00549. The largest absolute Gasteiger partial charge is 0.360 e. The predicted molar refractivity (Wildman–Crippen MR) is 64.3 cm³/mol. The molecule has 2 unspecified atom stereocenters. The molecule has 1 aliphatic rings. The minimum Gasteiger partial charge on any atom is -0.360 e. The van der Waals surface area contributed by atoms with Gasteiger partial charge in [0.1, 0.15) is 6.10 Å². The zero-order chi connectivity index (χ0) is 12.2. The Balaban J connectivity index is 2.30. The van der Waals surface area contributed by atoms with Crippen LogP contribution in [0.5, 0.6) is 0 Å². The highest BCUT2D eigenvalue weighted by atomic mass is 16.5. The Labute approximate surface area is 98.1 Å². The van der Waals surface area contributed by atoms with Gasteiger partial charge in [0.05, 0.1) is 5.60 Å². The number of hydrogen-bond donors (Lipinski definition) is 2. The molecule has 0 aromatic rings. The summed E-state index contributed by atoms with van der Waals surface area (Å²) in [7, 11) is 0. The van der Waals surface area contributed by atoms with Gasteiger partial charge in [-0.15, -0.1) is 0 Å². The number of hydrogen-bond acceptors (Lipinski definition) is 3. The molecule has 4 nitrogen and oxygen atoms in total. The Morgan fingerprint density at radius 2 is 2.12 bits per heavy atom. The van der Waals surface area contributed by atoms with E-state index >= 15 is 0 Å². The predicted octanol–water partition coefficient (Wildman–Crippen LogP) is 1.06. The summed E-state index contributed by atoms with van der Waals surface area (Å²) in [5.74, 6) is -0.00549. The number of amides is 1. The Bertz CT molecular complexity index is 239. The highest BCUT2D eigenvalue weighted by Gasteiger charge is 2.35. The summed E-state index contributed by atoms with van der Waals surface area (Å²) in [5.41, 5.74) is -0.162. The maximum Gasteiger partial charge on any atom is 0.249 e. The molecule has 1 saturated heterocycles. The van der Waals surface area contributed by atoms with Crippen molar-refractivity contribution in [2.75, 3.05) is 13.1 Å². The smallest absolute Gasteiger partial charge is 0.249 e. The molecule has 2 atom stereocenters. The topological polar surface area (TPSA) is 50.4 Å². The van der Waals surface area contributed by atoms with Gasteiger partial charge in [-0.1, -0.05) is 13.3 Å². The Kier molecular flexibility index (Phi) is 4.74. The first kappa shape index (κ1) is 13.5. The Morgan fingerprint density at radius 1 is 1.50 bits per heavy atom. The summed E-state index contributed by atoms with van der Waals surface area (Å²) in [6.07, 6.45) is 1.72. The van der Waals surface area contributed by atoms with Gasteiger partial charge in [-0.2, -0.15) is 0 Å². The van der Waals surface area contributed by atoms with Crippen LogP contribution >= 0.6 is 0 Å². The van der Waals surface area contributed by atoms with Crippen LogP contribution in [0.1, 0.15) is 40.5 Å². The van der Waals surface area contributed by atoms with Gasteiger partial charge in [-0.05, 0) is 27.2 Å². The van der Waals surface area contributed by atoms with E-state index in [1.165, 1.54) is 0 Å². The van der Waals surface area contributed by atoms with Crippen molar-refractivity contribution in [2.24, 2.45) is 0 Å². The van der Waals surface area contributed by atoms with E-state index in [-0.39, 0.29) is 23.7 Å². The van der Waals surface area contributed by atoms with E-state index in [0.717, 1.165) is 25.9 Å². The van der Waals surface area contributed by atoms with Crippen LogP contribution in [-0.2, 0) is 9.53 Å². The van der Waals surface area contributed by atoms with Gasteiger partial charge in [-0.3, -0.25) is 4.79 Å². The van der Waals surface area contributed by atoms with Gasteiger partial charge in [0, 0.05) is 19.1 Å². The lowest BCUT2D eigenvalue weighted by Crippen LogP contribution is -2.61. The quantitative estimate of drug-likeness (QED) is 0.714. The highest BCUT2D eigenvalue weighted by Crippen LogP contribution is 2.17. The summed E-state index contributed by atoms with van der Waals surface area (Å²) in [6, 6.07) is 0.232. The normalized spacial score (nSPS) is 22.0. The van der Waals surface area contributed by atoms with Crippen LogP contribution in [0, 0.1) is 0 Å². The number of rotatable bonds is 6. The van der Waals surface area contributed by atoms with Crippen molar-refractivity contribution in [3.05, 3.63) is 0 Å². The van der Waals surface area contributed by atoms with Crippen molar-refractivity contribution in [1.82, 2.24) is 10.6 Å². The fraction of sp³-hybridized carbons (Fsp3) is 0.917. The lowest BCUT2D eigenvalue weighted by molar-refractivity contribution is -0.150. The van der Waals surface area contributed by atoms with Crippen molar-refractivity contribution in [2.45, 2.75) is 58.3 Å². The molecule has 0 aromatic heterocycles. The van der Waals surface area contributed by atoms with Gasteiger partial charge in [0.2, 0.25) is 5.91 Å². The van der Waals surface area contributed by atoms with Crippen molar-refractivity contribution < 1.29 is 9.53 Å². The van der Waals surface area contributed by atoms with Crippen molar-refractivity contribution in [3.63, 3.8) is 0 Å². The molecule has 1 fully saturated rings. The van der Waals surface area contributed by atoms with Crippen molar-refractivity contribution in [3.8, 4) is 0 Å². The molecule has 0 saturated carbocycles. The maximum atomic E-state index is 11.8. The third kappa shape index (κ3) is 3.76. The highest BCUT2D eigenvalue weighted by molar-refractivity contribution is 5.80. The second-order valence-corrected chi connectivity index (χ2v) is 5.01. The molecule has 1 amide bonds. The van der Waals surface area contributed by atoms with Gasteiger partial charge in [0.15, 0.2) is 0 Å². The summed E-state index contributed by atoms with van der Waals surface area (Å²) in [6.45, 7) is 9.65. The van der Waals surface area contributed by atoms with Gasteiger partial charge in [0.25, 0.3) is 0 Å². The second-order valence-electron chi connectivity index (χ2n) is 5.01. The number of ether oxygens (including phenoxy) is 1. The van der Waals surface area contributed by atoms with Gasteiger partial charge >= 0.3 is 0 Å². The summed E-state index contributed by atoms with van der Waals surface area (Å²) >= 11 is 0. The molecule has 0 spiro atoms. The van der Waals surface area contributed by atoms with Crippen LogP contribution in [0.2, 0.25) is 0 Å². The van der Waals surface area contributed by atoms with Crippen LogP contribution in [0.25, 0.3) is 0 Å². The number of carbonyl (C=O) groups excluding carboxylic acids is 1. The molecular formula is C12H24N2O2. The van der Waals surface area contributed by atoms with Crippen molar-refractivity contribution >= 4 is 5.91 Å². The van der Waals surface area contributed by atoms with E-state index in [1.807, 2.05) is 20.8 Å². The van der Waals surface area contributed by atoms with E-state index in [2.05, 4.69) is 17.6 Å². The molecule has 0 radical (unpaired) electrons. The SMILES string of the molecule is CCCC(C)NC(=O)C(C)OC1(C)CNC1. The van der Waals surface area contributed by atoms with E-state index < -0.39 is 0 Å². The fourth-order valence-corrected chi connectivity index (χ4v) is 1.91. The van der Waals surface area contributed by atoms with Crippen LogP contribution in [0.15, 0.2) is 0 Å². The molecule has 1 heterocycles. The fourth-order valence-electron chi connectivity index (χ4n) is 1.91. The summed E-state index contributed by atoms with van der Waals surface area (Å²) in [4.78, 5) is 11.8. The molecule has 4 heteroatoms.